The van der Waals surface area contributed by atoms with Crippen molar-refractivity contribution in [2.45, 2.75) is 39.2 Å². The van der Waals surface area contributed by atoms with Crippen molar-refractivity contribution in [2.75, 3.05) is 0 Å². The minimum absolute atomic E-state index is 0.110. The van der Waals surface area contributed by atoms with Gasteiger partial charge in [-0.1, -0.05) is 13.8 Å². The van der Waals surface area contributed by atoms with E-state index in [1.807, 2.05) is 0 Å². The molecule has 0 radical (unpaired) electrons. The van der Waals surface area contributed by atoms with Crippen LogP contribution in [0.2, 0.25) is 0 Å². The lowest BCUT2D eigenvalue weighted by Crippen LogP contribution is -2.36. The number of carbonyl (C=O) groups is 1. The van der Waals surface area contributed by atoms with Crippen LogP contribution in [0.5, 0.6) is 0 Å². The number of aliphatic carboxylic acids is 1. The highest BCUT2D eigenvalue weighted by molar-refractivity contribution is 5.67. The summed E-state index contributed by atoms with van der Waals surface area (Å²) in [6.07, 6.45) is 2.58. The zero-order valence-corrected chi connectivity index (χ0v) is 8.36. The van der Waals surface area contributed by atoms with Crippen molar-refractivity contribution < 1.29 is 9.90 Å². The predicted octanol–water partition coefficient (Wildman–Crippen LogP) is 1.47. The van der Waals surface area contributed by atoms with Gasteiger partial charge in [0.25, 0.3) is 0 Å². The molecule has 0 aliphatic heterocycles. The molecule has 0 spiro atoms. The van der Waals surface area contributed by atoms with Crippen molar-refractivity contribution in [3.63, 3.8) is 0 Å². The Kier molecular flexibility index (Phi) is 3.31. The minimum atomic E-state index is -0.779. The van der Waals surface area contributed by atoms with Crippen molar-refractivity contribution in [1.82, 2.24) is 0 Å². The van der Waals surface area contributed by atoms with Crippen molar-refractivity contribution >= 4 is 5.97 Å². The zero-order chi connectivity index (χ0) is 10.0. The molecular weight excluding hydrogens is 166 g/mol. The minimum Gasteiger partial charge on any atom is -0.481 e. The first kappa shape index (κ1) is 10.5. The molecule has 3 heteroatoms. The number of nitrogens with two attached hydrogens (primary N) is 1. The normalized spacial score (nSPS) is 21.5. The Morgan fingerprint density at radius 2 is 2.08 bits per heavy atom. The van der Waals surface area contributed by atoms with Crippen LogP contribution in [0.25, 0.3) is 0 Å². The smallest absolute Gasteiger partial charge is 0.304 e. The highest BCUT2D eigenvalue weighted by Gasteiger charge is 2.37. The molecule has 0 aromatic carbocycles. The molecule has 3 N–H and O–H groups in total. The summed E-state index contributed by atoms with van der Waals surface area (Å²) in [6.45, 7) is 4.26. The Hall–Kier alpha value is -0.570. The fourth-order valence-electron chi connectivity index (χ4n) is 2.21. The van der Waals surface area contributed by atoms with E-state index in [-0.39, 0.29) is 12.5 Å². The molecule has 2 unspecified atom stereocenters. The number of hydrogen-bond acceptors (Lipinski definition) is 2. The average molecular weight is 185 g/mol. The Balaban J connectivity index is 2.47. The van der Waals surface area contributed by atoms with E-state index in [0.717, 1.165) is 0 Å². The molecule has 1 fully saturated rings. The van der Waals surface area contributed by atoms with Crippen LogP contribution < -0.4 is 5.73 Å². The van der Waals surface area contributed by atoms with E-state index in [9.17, 15) is 4.79 Å². The molecule has 2 atom stereocenters. The van der Waals surface area contributed by atoms with Crippen molar-refractivity contribution in [3.05, 3.63) is 0 Å². The second-order valence-corrected chi connectivity index (χ2v) is 4.42. The predicted molar refractivity (Wildman–Crippen MR) is 51.3 cm³/mol. The van der Waals surface area contributed by atoms with Gasteiger partial charge in [-0.25, -0.2) is 0 Å². The Morgan fingerprint density at radius 3 is 2.38 bits per heavy atom. The Labute approximate surface area is 79.3 Å². The van der Waals surface area contributed by atoms with E-state index >= 15 is 0 Å². The molecule has 3 nitrogen and oxygen atoms in total. The van der Waals surface area contributed by atoms with Crippen LogP contribution in [0.15, 0.2) is 0 Å². The lowest BCUT2D eigenvalue weighted by Gasteiger charge is -2.26. The Morgan fingerprint density at radius 1 is 1.54 bits per heavy atom. The van der Waals surface area contributed by atoms with Gasteiger partial charge in [-0.15, -0.1) is 0 Å². The summed E-state index contributed by atoms with van der Waals surface area (Å²) < 4.78 is 0. The van der Waals surface area contributed by atoms with Crippen molar-refractivity contribution in [3.8, 4) is 0 Å². The van der Waals surface area contributed by atoms with E-state index in [4.69, 9.17) is 10.8 Å². The monoisotopic (exact) mass is 185 g/mol. The molecule has 13 heavy (non-hydrogen) atoms. The third-order valence-corrected chi connectivity index (χ3v) is 2.84. The van der Waals surface area contributed by atoms with Crippen LogP contribution in [0.3, 0.4) is 0 Å². The summed E-state index contributed by atoms with van der Waals surface area (Å²) in [5, 5.41) is 8.64. The molecule has 1 aliphatic carbocycles. The lowest BCUT2D eigenvalue weighted by molar-refractivity contribution is -0.137. The van der Waals surface area contributed by atoms with Gasteiger partial charge in [-0.05, 0) is 30.6 Å². The number of carboxylic acid groups (broad SMARTS) is 1. The summed E-state index contributed by atoms with van der Waals surface area (Å²) in [7, 11) is 0. The molecule has 0 heterocycles. The first-order valence-corrected chi connectivity index (χ1v) is 4.99. The third kappa shape index (κ3) is 2.99. The lowest BCUT2D eigenvalue weighted by atomic mass is 9.83. The second-order valence-electron chi connectivity index (χ2n) is 4.42. The van der Waals surface area contributed by atoms with E-state index in [2.05, 4.69) is 13.8 Å². The molecule has 0 aromatic heterocycles. The average Bonchev–Trinajstić information content (AvgIpc) is 2.68. The SMILES string of the molecule is CC(C)C(C(N)CC(=O)O)C1CC1. The molecule has 76 valence electrons. The van der Waals surface area contributed by atoms with Crippen LogP contribution in [-0.4, -0.2) is 17.1 Å². The molecular formula is C10H19NO2. The topological polar surface area (TPSA) is 63.3 Å². The van der Waals surface area contributed by atoms with Crippen LogP contribution in [0.1, 0.15) is 33.1 Å². The molecule has 1 rings (SSSR count). The number of carboxylic acids is 1. The van der Waals surface area contributed by atoms with Gasteiger partial charge < -0.3 is 10.8 Å². The molecule has 1 aliphatic rings. The molecule has 0 bridgehead atoms. The largest absolute Gasteiger partial charge is 0.481 e. The van der Waals surface area contributed by atoms with Crippen LogP contribution in [0, 0.1) is 17.8 Å². The van der Waals surface area contributed by atoms with Crippen molar-refractivity contribution in [1.29, 1.82) is 0 Å². The van der Waals surface area contributed by atoms with Crippen LogP contribution >= 0.6 is 0 Å². The van der Waals surface area contributed by atoms with Crippen LogP contribution in [-0.2, 0) is 4.79 Å². The molecule has 0 aromatic rings. The standard InChI is InChI=1S/C10H19NO2/c1-6(2)10(7-3-4-7)8(11)5-9(12)13/h6-8,10H,3-5,11H2,1-2H3,(H,12,13). The fourth-order valence-corrected chi connectivity index (χ4v) is 2.21. The van der Waals surface area contributed by atoms with E-state index < -0.39 is 5.97 Å². The molecule has 0 saturated heterocycles. The summed E-state index contributed by atoms with van der Waals surface area (Å²) in [5.74, 6) is 0.811. The fraction of sp³-hybridized carbons (Fsp3) is 0.900. The van der Waals surface area contributed by atoms with Gasteiger partial charge in [0.05, 0.1) is 6.42 Å². The number of rotatable bonds is 5. The van der Waals surface area contributed by atoms with Gasteiger partial charge >= 0.3 is 5.97 Å². The van der Waals surface area contributed by atoms with Gasteiger partial charge in [0.2, 0.25) is 0 Å². The maximum atomic E-state index is 10.5. The summed E-state index contributed by atoms with van der Waals surface area (Å²) in [5.41, 5.74) is 5.88. The Bertz CT molecular complexity index is 185. The first-order valence-electron chi connectivity index (χ1n) is 4.99. The summed E-state index contributed by atoms with van der Waals surface area (Å²) in [6, 6.07) is -0.162. The van der Waals surface area contributed by atoms with E-state index in [1.165, 1.54) is 12.8 Å². The summed E-state index contributed by atoms with van der Waals surface area (Å²) in [4.78, 5) is 10.5. The maximum absolute atomic E-state index is 10.5. The van der Waals surface area contributed by atoms with Crippen molar-refractivity contribution in [2.24, 2.45) is 23.5 Å². The zero-order valence-electron chi connectivity index (χ0n) is 8.36. The quantitative estimate of drug-likeness (QED) is 0.681. The highest BCUT2D eigenvalue weighted by Crippen LogP contribution is 2.42. The van der Waals surface area contributed by atoms with E-state index in [0.29, 0.717) is 17.8 Å². The van der Waals surface area contributed by atoms with Gasteiger partial charge in [0.1, 0.15) is 0 Å². The van der Waals surface area contributed by atoms with Gasteiger partial charge in [0, 0.05) is 6.04 Å². The second kappa shape index (κ2) is 4.09. The van der Waals surface area contributed by atoms with Gasteiger partial charge in [-0.2, -0.15) is 0 Å². The van der Waals surface area contributed by atoms with Gasteiger partial charge in [0.15, 0.2) is 0 Å². The third-order valence-electron chi connectivity index (χ3n) is 2.84. The van der Waals surface area contributed by atoms with Crippen LogP contribution in [0.4, 0.5) is 0 Å². The first-order chi connectivity index (χ1) is 6.02. The maximum Gasteiger partial charge on any atom is 0.304 e. The van der Waals surface area contributed by atoms with Gasteiger partial charge in [-0.3, -0.25) is 4.79 Å². The number of hydrogen-bond donors (Lipinski definition) is 2. The van der Waals surface area contributed by atoms with E-state index in [1.54, 1.807) is 0 Å². The highest BCUT2D eigenvalue weighted by atomic mass is 16.4. The molecule has 1 saturated carbocycles. The summed E-state index contributed by atoms with van der Waals surface area (Å²) >= 11 is 0. The molecule has 0 amide bonds.